The minimum absolute atomic E-state index is 0.0202. The van der Waals surface area contributed by atoms with Gasteiger partial charge in [0.1, 0.15) is 0 Å². The molecule has 0 bridgehead atoms. The molecule has 0 amide bonds. The third-order valence-electron chi connectivity index (χ3n) is 3.64. The zero-order chi connectivity index (χ0) is 11.3. The smallest absolute Gasteiger partial charge is 0.0925 e. The van der Waals surface area contributed by atoms with E-state index in [4.69, 9.17) is 12.2 Å². The van der Waals surface area contributed by atoms with Crippen LogP contribution in [0.25, 0.3) is 5.70 Å². The second kappa shape index (κ2) is 3.17. The number of benzene rings is 1. The van der Waals surface area contributed by atoms with Crippen molar-refractivity contribution < 1.29 is 0 Å². The number of thiocarbonyl (C=S) groups is 1. The van der Waals surface area contributed by atoms with E-state index in [1.54, 1.807) is 0 Å². The van der Waals surface area contributed by atoms with E-state index in [9.17, 15) is 0 Å². The maximum Gasteiger partial charge on any atom is 0.0925 e. The van der Waals surface area contributed by atoms with Crippen LogP contribution in [0.4, 0.5) is 0 Å². The lowest BCUT2D eigenvalue weighted by Gasteiger charge is -2.41. The Bertz CT molecular complexity index is 499. The van der Waals surface area contributed by atoms with Gasteiger partial charge in [0.25, 0.3) is 0 Å². The van der Waals surface area contributed by atoms with E-state index in [0.29, 0.717) is 0 Å². The Labute approximate surface area is 102 Å². The number of rotatable bonds is 0. The third-order valence-corrected chi connectivity index (χ3v) is 4.37. The molecule has 0 radical (unpaired) electrons. The summed E-state index contributed by atoms with van der Waals surface area (Å²) in [5.74, 6) is 0. The zero-order valence-corrected chi connectivity index (χ0v) is 10.5. The van der Waals surface area contributed by atoms with Gasteiger partial charge < -0.3 is 4.90 Å². The summed E-state index contributed by atoms with van der Waals surface area (Å²) in [6, 6.07) is 8.64. The van der Waals surface area contributed by atoms with Crippen molar-refractivity contribution >= 4 is 22.9 Å². The lowest BCUT2D eigenvalue weighted by molar-refractivity contribution is 0.541. The number of hydrogen-bond donors (Lipinski definition) is 0. The Hall–Kier alpha value is -1.15. The van der Waals surface area contributed by atoms with Crippen molar-refractivity contribution in [2.24, 2.45) is 0 Å². The van der Waals surface area contributed by atoms with Crippen molar-refractivity contribution in [3.05, 3.63) is 41.5 Å². The molecule has 0 aromatic heterocycles. The van der Waals surface area contributed by atoms with Gasteiger partial charge in [0.15, 0.2) is 0 Å². The van der Waals surface area contributed by atoms with Crippen molar-refractivity contribution in [3.8, 4) is 0 Å². The van der Waals surface area contributed by atoms with E-state index >= 15 is 0 Å². The zero-order valence-electron chi connectivity index (χ0n) is 9.66. The van der Waals surface area contributed by atoms with E-state index in [1.807, 2.05) is 0 Å². The van der Waals surface area contributed by atoms with Gasteiger partial charge in [-0.05, 0) is 25.8 Å². The molecule has 0 N–H and O–H groups in total. The van der Waals surface area contributed by atoms with Gasteiger partial charge in [0.2, 0.25) is 0 Å². The molecular weight excluding hydrogens is 214 g/mol. The molecule has 82 valence electrons. The molecule has 3 rings (SSSR count). The maximum absolute atomic E-state index is 5.64. The van der Waals surface area contributed by atoms with Gasteiger partial charge in [0.05, 0.1) is 4.99 Å². The molecule has 0 saturated carbocycles. The van der Waals surface area contributed by atoms with Crippen molar-refractivity contribution in [1.82, 2.24) is 4.90 Å². The summed E-state index contributed by atoms with van der Waals surface area (Å²) in [7, 11) is 0. The molecule has 0 atom stereocenters. The second-order valence-electron chi connectivity index (χ2n) is 5.01. The Morgan fingerprint density at radius 1 is 1.25 bits per heavy atom. The van der Waals surface area contributed by atoms with E-state index < -0.39 is 0 Å². The molecule has 0 saturated heterocycles. The van der Waals surface area contributed by atoms with Crippen molar-refractivity contribution in [3.63, 3.8) is 0 Å². The summed E-state index contributed by atoms with van der Waals surface area (Å²) in [5.41, 5.74) is 4.02. The third kappa shape index (κ3) is 1.14. The Morgan fingerprint density at radius 3 is 2.81 bits per heavy atom. The molecule has 1 nitrogen and oxygen atoms in total. The predicted octanol–water partition coefficient (Wildman–Crippen LogP) is 3.35. The van der Waals surface area contributed by atoms with E-state index in [1.165, 1.54) is 16.8 Å². The first-order chi connectivity index (χ1) is 7.62. The van der Waals surface area contributed by atoms with Gasteiger partial charge in [0, 0.05) is 23.2 Å². The molecule has 1 aromatic carbocycles. The molecule has 2 aliphatic heterocycles. The average Bonchev–Trinajstić information content (AvgIpc) is 2.75. The molecule has 2 heteroatoms. The first kappa shape index (κ1) is 10.0. The van der Waals surface area contributed by atoms with Gasteiger partial charge in [-0.1, -0.05) is 42.6 Å². The molecule has 0 fully saturated rings. The summed E-state index contributed by atoms with van der Waals surface area (Å²) >= 11 is 5.64. The Morgan fingerprint density at radius 2 is 2.00 bits per heavy atom. The van der Waals surface area contributed by atoms with E-state index in [-0.39, 0.29) is 5.41 Å². The summed E-state index contributed by atoms with van der Waals surface area (Å²) in [5, 5.41) is 0. The Balaban J connectivity index is 2.29. The minimum atomic E-state index is -0.0202. The average molecular weight is 229 g/mol. The molecule has 0 spiro atoms. The highest BCUT2D eigenvalue weighted by Crippen LogP contribution is 2.42. The highest BCUT2D eigenvalue weighted by molar-refractivity contribution is 7.80. The van der Waals surface area contributed by atoms with Crippen LogP contribution in [0, 0.1) is 0 Å². The van der Waals surface area contributed by atoms with Gasteiger partial charge in [-0.25, -0.2) is 0 Å². The predicted molar refractivity (Wildman–Crippen MR) is 71.4 cm³/mol. The first-order valence-corrected chi connectivity index (χ1v) is 6.15. The molecule has 2 aliphatic rings. The monoisotopic (exact) mass is 229 g/mol. The SMILES string of the molecule is CC1(C)C(=S)N2CCC=C2c2ccccc21. The van der Waals surface area contributed by atoms with Crippen LogP contribution in [-0.2, 0) is 5.41 Å². The van der Waals surface area contributed by atoms with Gasteiger partial charge in [-0.15, -0.1) is 0 Å². The van der Waals surface area contributed by atoms with Crippen molar-refractivity contribution in [1.29, 1.82) is 0 Å². The van der Waals surface area contributed by atoms with Gasteiger partial charge >= 0.3 is 0 Å². The van der Waals surface area contributed by atoms with Gasteiger partial charge in [-0.3, -0.25) is 0 Å². The Kier molecular flexibility index (Phi) is 1.99. The largest absolute Gasteiger partial charge is 0.335 e. The van der Waals surface area contributed by atoms with E-state index in [0.717, 1.165) is 18.0 Å². The minimum Gasteiger partial charge on any atom is -0.335 e. The number of nitrogens with zero attached hydrogens (tertiary/aromatic N) is 1. The van der Waals surface area contributed by atoms with Crippen LogP contribution in [-0.4, -0.2) is 16.4 Å². The van der Waals surface area contributed by atoms with Crippen LogP contribution in [0.2, 0.25) is 0 Å². The highest BCUT2D eigenvalue weighted by atomic mass is 32.1. The van der Waals surface area contributed by atoms with Crippen LogP contribution < -0.4 is 0 Å². The van der Waals surface area contributed by atoms with Gasteiger partial charge in [-0.2, -0.15) is 0 Å². The molecule has 0 unspecified atom stereocenters. The molecule has 16 heavy (non-hydrogen) atoms. The number of hydrogen-bond acceptors (Lipinski definition) is 1. The second-order valence-corrected chi connectivity index (χ2v) is 5.39. The van der Waals surface area contributed by atoms with Crippen LogP contribution in [0.5, 0.6) is 0 Å². The van der Waals surface area contributed by atoms with Crippen LogP contribution >= 0.6 is 12.2 Å². The quantitative estimate of drug-likeness (QED) is 0.628. The number of fused-ring (bicyclic) bond motifs is 3. The lowest BCUT2D eigenvalue weighted by atomic mass is 9.77. The fourth-order valence-corrected chi connectivity index (χ4v) is 3.03. The normalized spacial score (nSPS) is 21.5. The van der Waals surface area contributed by atoms with Crippen molar-refractivity contribution in [2.45, 2.75) is 25.7 Å². The summed E-state index contributed by atoms with van der Waals surface area (Å²) in [6.45, 7) is 5.50. The fraction of sp³-hybridized carbons (Fsp3) is 0.357. The highest BCUT2D eigenvalue weighted by Gasteiger charge is 2.39. The fourth-order valence-electron chi connectivity index (χ4n) is 2.73. The summed E-state index contributed by atoms with van der Waals surface area (Å²) in [6.07, 6.45) is 3.42. The standard InChI is InChI=1S/C14H15NS/c1-14(2)11-7-4-3-6-10(11)12-8-5-9-15(12)13(14)16/h3-4,6-8H,5,9H2,1-2H3. The molecule has 1 aromatic rings. The maximum atomic E-state index is 5.64. The van der Waals surface area contributed by atoms with Crippen LogP contribution in [0.3, 0.4) is 0 Å². The van der Waals surface area contributed by atoms with Crippen molar-refractivity contribution in [2.75, 3.05) is 6.54 Å². The first-order valence-electron chi connectivity index (χ1n) is 5.74. The van der Waals surface area contributed by atoms with Crippen LogP contribution in [0.15, 0.2) is 30.3 Å². The van der Waals surface area contributed by atoms with E-state index in [2.05, 4.69) is 49.1 Å². The molecule has 0 aliphatic carbocycles. The molecular formula is C14H15NS. The summed E-state index contributed by atoms with van der Waals surface area (Å²) in [4.78, 5) is 3.37. The lowest BCUT2D eigenvalue weighted by Crippen LogP contribution is -2.44. The topological polar surface area (TPSA) is 3.24 Å². The summed E-state index contributed by atoms with van der Waals surface area (Å²) < 4.78 is 0. The van der Waals surface area contributed by atoms with Crippen LogP contribution in [0.1, 0.15) is 31.4 Å². The molecule has 2 heterocycles.